The van der Waals surface area contributed by atoms with E-state index < -0.39 is 29.3 Å². The number of amides is 2. The second kappa shape index (κ2) is 11.3. The molecule has 36 heavy (non-hydrogen) atoms. The van der Waals surface area contributed by atoms with E-state index in [0.717, 1.165) is 23.5 Å². The zero-order chi connectivity index (χ0) is 26.5. The molecule has 1 aromatic heterocycles. The van der Waals surface area contributed by atoms with Gasteiger partial charge in [-0.2, -0.15) is 13.2 Å². The van der Waals surface area contributed by atoms with Crippen LogP contribution in [0.5, 0.6) is 0 Å². The predicted octanol–water partition coefficient (Wildman–Crippen LogP) is 7.45. The molecule has 3 aromatic rings. The molecule has 0 aliphatic rings. The molecular weight excluding hydrogens is 515 g/mol. The number of nitrogens with one attached hydrogen (secondary N) is 1. The minimum atomic E-state index is -4.57. The second-order valence-electron chi connectivity index (χ2n) is 8.84. The molecule has 0 aliphatic heterocycles. The van der Waals surface area contributed by atoms with Crippen molar-refractivity contribution in [2.75, 3.05) is 11.4 Å². The lowest BCUT2D eigenvalue weighted by Crippen LogP contribution is -2.33. The first-order valence-corrected chi connectivity index (χ1v) is 12.3. The average Bonchev–Trinajstić information content (AvgIpc) is 3.25. The molecule has 0 bridgehead atoms. The number of benzene rings is 2. The largest absolute Gasteiger partial charge is 0.444 e. The summed E-state index contributed by atoms with van der Waals surface area (Å²) in [6.07, 6.45) is -4.98. The standard InChI is InChI=1S/C25H25ClF3N3O3S/c1-24(2,3)35-23(34)30-12-6-11-21(33)32(19-10-5-8-17(14-19)25(27,28)29)22-31-20(15-36-22)16-7-4-9-18(26)13-16/h4-5,7-10,13-15H,6,11-12H2,1-3H3,(H,30,34). The zero-order valence-electron chi connectivity index (χ0n) is 19.9. The van der Waals surface area contributed by atoms with Gasteiger partial charge in [0, 0.05) is 28.9 Å². The van der Waals surface area contributed by atoms with Gasteiger partial charge in [0.05, 0.1) is 16.9 Å². The van der Waals surface area contributed by atoms with Crippen LogP contribution in [0.1, 0.15) is 39.2 Å². The van der Waals surface area contributed by atoms with Gasteiger partial charge >= 0.3 is 12.3 Å². The van der Waals surface area contributed by atoms with Crippen LogP contribution in [0.25, 0.3) is 11.3 Å². The van der Waals surface area contributed by atoms with Crippen LogP contribution in [-0.4, -0.2) is 29.1 Å². The third-order valence-electron chi connectivity index (χ3n) is 4.72. The molecule has 0 aliphatic carbocycles. The lowest BCUT2D eigenvalue weighted by Gasteiger charge is -2.22. The monoisotopic (exact) mass is 539 g/mol. The zero-order valence-corrected chi connectivity index (χ0v) is 21.4. The highest BCUT2D eigenvalue weighted by molar-refractivity contribution is 7.14. The van der Waals surface area contributed by atoms with E-state index in [-0.39, 0.29) is 30.2 Å². The van der Waals surface area contributed by atoms with Crippen molar-refractivity contribution in [1.82, 2.24) is 10.3 Å². The number of rotatable bonds is 7. The third-order valence-corrected chi connectivity index (χ3v) is 5.78. The first kappa shape index (κ1) is 27.5. The number of anilines is 2. The Hall–Kier alpha value is -3.11. The summed E-state index contributed by atoms with van der Waals surface area (Å²) in [5.41, 5.74) is -0.249. The van der Waals surface area contributed by atoms with Gasteiger partial charge in [-0.3, -0.25) is 9.69 Å². The molecule has 6 nitrogen and oxygen atoms in total. The van der Waals surface area contributed by atoms with Crippen LogP contribution in [0.2, 0.25) is 5.02 Å². The van der Waals surface area contributed by atoms with E-state index in [0.29, 0.717) is 16.3 Å². The van der Waals surface area contributed by atoms with Crippen molar-refractivity contribution in [1.29, 1.82) is 0 Å². The highest BCUT2D eigenvalue weighted by Gasteiger charge is 2.32. The van der Waals surface area contributed by atoms with Crippen molar-refractivity contribution >= 4 is 45.8 Å². The molecule has 11 heteroatoms. The van der Waals surface area contributed by atoms with Gasteiger partial charge in [-0.15, -0.1) is 11.3 Å². The fourth-order valence-corrected chi connectivity index (χ4v) is 4.25. The van der Waals surface area contributed by atoms with Crippen molar-refractivity contribution in [3.63, 3.8) is 0 Å². The Kier molecular flexibility index (Phi) is 8.63. The number of alkyl carbamates (subject to hydrolysis) is 1. The van der Waals surface area contributed by atoms with Crippen LogP contribution < -0.4 is 10.2 Å². The molecule has 0 saturated carbocycles. The number of hydrogen-bond donors (Lipinski definition) is 1. The Bertz CT molecular complexity index is 1220. The maximum absolute atomic E-state index is 13.4. The van der Waals surface area contributed by atoms with E-state index in [2.05, 4.69) is 10.3 Å². The van der Waals surface area contributed by atoms with Crippen LogP contribution in [0.4, 0.5) is 28.8 Å². The molecule has 3 rings (SSSR count). The van der Waals surface area contributed by atoms with Gasteiger partial charge in [0.25, 0.3) is 0 Å². The highest BCUT2D eigenvalue weighted by Crippen LogP contribution is 2.37. The molecule has 2 amide bonds. The first-order valence-electron chi connectivity index (χ1n) is 11.0. The van der Waals surface area contributed by atoms with Crippen LogP contribution in [-0.2, 0) is 15.7 Å². The lowest BCUT2D eigenvalue weighted by molar-refractivity contribution is -0.137. The predicted molar refractivity (Wildman–Crippen MR) is 135 cm³/mol. The quantitative estimate of drug-likeness (QED) is 0.316. The maximum atomic E-state index is 13.4. The maximum Gasteiger partial charge on any atom is 0.416 e. The van der Waals surface area contributed by atoms with E-state index in [1.54, 1.807) is 50.4 Å². The molecular formula is C25H25ClF3N3O3S. The number of hydrogen-bond acceptors (Lipinski definition) is 5. The van der Waals surface area contributed by atoms with E-state index in [4.69, 9.17) is 16.3 Å². The number of carbonyl (C=O) groups excluding carboxylic acids is 2. The van der Waals surface area contributed by atoms with Gasteiger partial charge < -0.3 is 10.1 Å². The fraction of sp³-hybridized carbons (Fsp3) is 0.320. The summed E-state index contributed by atoms with van der Waals surface area (Å²) in [7, 11) is 0. The summed E-state index contributed by atoms with van der Waals surface area (Å²) in [5, 5.41) is 5.00. The number of nitrogens with zero attached hydrogens (tertiary/aromatic N) is 2. The summed E-state index contributed by atoms with van der Waals surface area (Å²) >= 11 is 7.19. The summed E-state index contributed by atoms with van der Waals surface area (Å²) < 4.78 is 45.2. The van der Waals surface area contributed by atoms with Crippen LogP contribution >= 0.6 is 22.9 Å². The lowest BCUT2D eigenvalue weighted by atomic mass is 10.1. The Morgan fingerprint density at radius 3 is 2.50 bits per heavy atom. The van der Waals surface area contributed by atoms with Gasteiger partial charge in [-0.1, -0.05) is 29.8 Å². The number of carbonyl (C=O) groups is 2. The summed E-state index contributed by atoms with van der Waals surface area (Å²) in [5.74, 6) is -0.465. The smallest absolute Gasteiger partial charge is 0.416 e. The minimum absolute atomic E-state index is 0.0434. The SMILES string of the molecule is CC(C)(C)OC(=O)NCCCC(=O)N(c1cccc(C(F)(F)F)c1)c1nc(-c2cccc(Cl)c2)cs1. The number of thiazole rings is 1. The molecule has 0 spiro atoms. The molecule has 1 heterocycles. The molecule has 192 valence electrons. The Morgan fingerprint density at radius 2 is 1.83 bits per heavy atom. The Balaban J connectivity index is 1.83. The van der Waals surface area contributed by atoms with Crippen molar-refractivity contribution in [2.45, 2.75) is 45.4 Å². The van der Waals surface area contributed by atoms with Gasteiger partial charge in [-0.25, -0.2) is 9.78 Å². The molecule has 0 unspecified atom stereocenters. The first-order chi connectivity index (χ1) is 16.8. The Morgan fingerprint density at radius 1 is 1.11 bits per heavy atom. The number of ether oxygens (including phenoxy) is 1. The van der Waals surface area contributed by atoms with Crippen molar-refractivity contribution in [3.8, 4) is 11.3 Å². The van der Waals surface area contributed by atoms with Gasteiger partial charge in [-0.05, 0) is 57.5 Å². The van der Waals surface area contributed by atoms with E-state index in [1.807, 2.05) is 0 Å². The summed E-state index contributed by atoms with van der Waals surface area (Å²) in [4.78, 5) is 30.7. The van der Waals surface area contributed by atoms with E-state index in [1.165, 1.54) is 17.0 Å². The van der Waals surface area contributed by atoms with E-state index >= 15 is 0 Å². The molecule has 1 N–H and O–H groups in total. The normalized spacial score (nSPS) is 11.8. The van der Waals surface area contributed by atoms with Crippen LogP contribution in [0.15, 0.2) is 53.9 Å². The Labute approximate surface area is 216 Å². The molecule has 2 aromatic carbocycles. The van der Waals surface area contributed by atoms with Crippen molar-refractivity contribution < 1.29 is 27.5 Å². The van der Waals surface area contributed by atoms with E-state index in [9.17, 15) is 22.8 Å². The van der Waals surface area contributed by atoms with Gasteiger partial charge in [0.2, 0.25) is 5.91 Å². The highest BCUT2D eigenvalue weighted by atomic mass is 35.5. The third kappa shape index (κ3) is 7.69. The van der Waals surface area contributed by atoms with Crippen molar-refractivity contribution in [2.24, 2.45) is 0 Å². The summed E-state index contributed by atoms with van der Waals surface area (Å²) in [6, 6.07) is 11.5. The topological polar surface area (TPSA) is 71.5 Å². The summed E-state index contributed by atoms with van der Waals surface area (Å²) in [6.45, 7) is 5.35. The number of halogens is 4. The molecule has 0 atom stereocenters. The molecule has 0 fully saturated rings. The fourth-order valence-electron chi connectivity index (χ4n) is 3.19. The molecule has 0 radical (unpaired) electrons. The number of alkyl halides is 3. The van der Waals surface area contributed by atoms with Crippen molar-refractivity contribution in [3.05, 3.63) is 64.5 Å². The second-order valence-corrected chi connectivity index (χ2v) is 10.1. The van der Waals surface area contributed by atoms with Gasteiger partial charge in [0.15, 0.2) is 5.13 Å². The minimum Gasteiger partial charge on any atom is -0.444 e. The van der Waals surface area contributed by atoms with Crippen LogP contribution in [0.3, 0.4) is 0 Å². The van der Waals surface area contributed by atoms with Crippen LogP contribution in [0, 0.1) is 0 Å². The molecule has 0 saturated heterocycles. The number of aromatic nitrogens is 1. The average molecular weight is 540 g/mol. The van der Waals surface area contributed by atoms with Gasteiger partial charge in [0.1, 0.15) is 5.60 Å².